The van der Waals surface area contributed by atoms with Crippen molar-refractivity contribution < 1.29 is 64.2 Å². The Morgan fingerprint density at radius 1 is 1.00 bits per heavy atom. The summed E-state index contributed by atoms with van der Waals surface area (Å²) in [5.74, 6) is 0. The molecule has 0 amide bonds. The summed E-state index contributed by atoms with van der Waals surface area (Å²) in [7, 11) is 0. The van der Waals surface area contributed by atoms with Gasteiger partial charge in [-0.3, -0.25) is 0 Å². The Balaban J connectivity index is 0. The Bertz CT molecular complexity index is 8.00. The quantitative estimate of drug-likeness (QED) is 0.444. The minimum atomic E-state index is 0. The molecule has 0 aromatic heterocycles. The second kappa shape index (κ2) is 16.9. The molecule has 0 N–H and O–H groups in total. The molecule has 0 bridgehead atoms. The molecule has 0 saturated carbocycles. The van der Waals surface area contributed by atoms with Gasteiger partial charge in [-0.2, -0.15) is 0 Å². The molecule has 0 nitrogen and oxygen atoms in total. The Morgan fingerprint density at radius 3 is 1.00 bits per heavy atom. The first kappa shape index (κ1) is 28.7. The van der Waals surface area contributed by atoms with Crippen molar-refractivity contribution in [3.63, 3.8) is 0 Å². The average molecular weight is 448 g/mol. The first-order valence-electron chi connectivity index (χ1n) is 0. The fraction of sp³-hybridized carbons (Fsp3) is 0. The van der Waals surface area contributed by atoms with Gasteiger partial charge in [0.1, 0.15) is 0 Å². The molecule has 0 aliphatic heterocycles. The van der Waals surface area contributed by atoms with Crippen LogP contribution in [0.2, 0.25) is 0 Å². The predicted molar refractivity (Wildman–Crippen MR) is 5.75 cm³/mol. The summed E-state index contributed by atoms with van der Waals surface area (Å²) in [5.41, 5.74) is 0. The van der Waals surface area contributed by atoms with Crippen LogP contribution in [0.3, 0.4) is 0 Å². The van der Waals surface area contributed by atoms with E-state index in [1.54, 1.807) is 0 Å². The van der Waals surface area contributed by atoms with Gasteiger partial charge in [-0.25, -0.2) is 0 Å². The molecule has 5 radical (unpaired) electrons. The van der Waals surface area contributed by atoms with Crippen LogP contribution < -0.4 is 0 Å². The zero-order valence-electron chi connectivity index (χ0n) is 2.22. The standard InChI is InChI=1S/Cu.Hg.Sn.Zn. The molecule has 0 fully saturated rings. The van der Waals surface area contributed by atoms with E-state index in [-0.39, 0.29) is 88.1 Å². The molecule has 0 saturated heterocycles. The number of hydrogen-bond donors (Lipinski definition) is 0. The Hall–Kier alpha value is 2.88. The molecule has 0 aromatic rings. The van der Waals surface area contributed by atoms with Crippen molar-refractivity contribution in [1.29, 1.82) is 0 Å². The molecule has 0 aromatic carbocycles. The molecule has 0 rings (SSSR count). The SMILES string of the molecule is [Cu].[Hg].[Sn].[Zn]. The third-order valence-electron chi connectivity index (χ3n) is 0. The molecule has 0 aliphatic rings. The molecule has 0 unspecified atom stereocenters. The van der Waals surface area contributed by atoms with Gasteiger partial charge >= 0.3 is 0 Å². The van der Waals surface area contributed by atoms with E-state index in [0.717, 1.165) is 0 Å². The summed E-state index contributed by atoms with van der Waals surface area (Å²) in [4.78, 5) is 0. The second-order valence-corrected chi connectivity index (χ2v) is 0. The Labute approximate surface area is 86.6 Å². The fourth-order valence-corrected chi connectivity index (χ4v) is 0. The van der Waals surface area contributed by atoms with Crippen molar-refractivity contribution in [3.05, 3.63) is 0 Å². The van der Waals surface area contributed by atoms with Crippen LogP contribution in [0.25, 0.3) is 0 Å². The molecule has 4 heteroatoms. The van der Waals surface area contributed by atoms with Crippen LogP contribution in [0.15, 0.2) is 0 Å². The van der Waals surface area contributed by atoms with Gasteiger partial charge in [-0.05, 0) is 0 Å². The summed E-state index contributed by atoms with van der Waals surface area (Å²) >= 11 is 0. The predicted octanol–water partition coefficient (Wildman–Crippen LogP) is -0.388. The second-order valence-electron chi connectivity index (χ2n) is 0. The summed E-state index contributed by atoms with van der Waals surface area (Å²) in [6.07, 6.45) is 0. The average Bonchev–Trinajstić information content (AvgIpc) is 0. The van der Waals surface area contributed by atoms with E-state index in [0.29, 0.717) is 0 Å². The van der Waals surface area contributed by atoms with Crippen molar-refractivity contribution >= 4 is 23.9 Å². The van der Waals surface area contributed by atoms with Crippen LogP contribution >= 0.6 is 0 Å². The van der Waals surface area contributed by atoms with Crippen molar-refractivity contribution in [3.8, 4) is 0 Å². The monoisotopic (exact) mass is 449 g/mol. The van der Waals surface area contributed by atoms with E-state index in [2.05, 4.69) is 0 Å². The Kier molecular flexibility index (Phi) is 121. The minimum absolute atomic E-state index is 0. The van der Waals surface area contributed by atoms with Gasteiger partial charge in [0, 0.05) is 88.1 Å². The van der Waals surface area contributed by atoms with Gasteiger partial charge in [-0.15, -0.1) is 0 Å². The maximum absolute atomic E-state index is 0. The van der Waals surface area contributed by atoms with Gasteiger partial charge in [-0.1, -0.05) is 0 Å². The van der Waals surface area contributed by atoms with Gasteiger partial charge in [0.2, 0.25) is 0 Å². The third-order valence-corrected chi connectivity index (χ3v) is 0. The normalized spacial score (nSPS) is 0. The third kappa shape index (κ3) is 8.86. The van der Waals surface area contributed by atoms with Gasteiger partial charge in [0.25, 0.3) is 0 Å². The van der Waals surface area contributed by atoms with E-state index in [1.807, 2.05) is 0 Å². The maximum atomic E-state index is 0. The molecular weight excluding hydrogens is 448 g/mol. The molecule has 0 aliphatic carbocycles. The molecule has 0 atom stereocenters. The molecule has 0 heterocycles. The van der Waals surface area contributed by atoms with Crippen LogP contribution in [0.4, 0.5) is 0 Å². The van der Waals surface area contributed by atoms with Crippen LogP contribution in [0.5, 0.6) is 0 Å². The zero-order chi connectivity index (χ0) is 0. The minimum Gasteiger partial charge on any atom is 0 e. The van der Waals surface area contributed by atoms with Gasteiger partial charge < -0.3 is 0 Å². The molecule has 19 valence electrons. The van der Waals surface area contributed by atoms with Crippen molar-refractivity contribution in [2.45, 2.75) is 0 Å². The number of rotatable bonds is 0. The van der Waals surface area contributed by atoms with E-state index < -0.39 is 0 Å². The summed E-state index contributed by atoms with van der Waals surface area (Å²) in [6, 6.07) is 0. The largest absolute Gasteiger partial charge is 0 e. The van der Waals surface area contributed by atoms with Crippen molar-refractivity contribution in [1.82, 2.24) is 0 Å². The summed E-state index contributed by atoms with van der Waals surface area (Å²) < 4.78 is 0. The summed E-state index contributed by atoms with van der Waals surface area (Å²) in [5, 5.41) is 0. The van der Waals surface area contributed by atoms with E-state index in [9.17, 15) is 0 Å². The first-order chi connectivity index (χ1) is 0. The smallest absolute Gasteiger partial charge is 0 e. The van der Waals surface area contributed by atoms with E-state index >= 15 is 0 Å². The van der Waals surface area contributed by atoms with Crippen molar-refractivity contribution in [2.75, 3.05) is 0 Å². The van der Waals surface area contributed by atoms with Crippen LogP contribution in [0, 0.1) is 0 Å². The van der Waals surface area contributed by atoms with E-state index in [1.165, 1.54) is 0 Å². The van der Waals surface area contributed by atoms with Gasteiger partial charge in [0.15, 0.2) is 0 Å². The van der Waals surface area contributed by atoms with E-state index in [4.69, 9.17) is 0 Å². The van der Waals surface area contributed by atoms with Crippen LogP contribution in [0.1, 0.15) is 0 Å². The summed E-state index contributed by atoms with van der Waals surface area (Å²) in [6.45, 7) is 0. The topological polar surface area (TPSA) is 0 Å². The Morgan fingerprint density at radius 2 is 1.00 bits per heavy atom. The molecule has 0 spiro atoms. The zero-order valence-corrected chi connectivity index (χ0v) is 14.5. The van der Waals surface area contributed by atoms with Crippen molar-refractivity contribution in [2.24, 2.45) is 0 Å². The molecular formula is CuHgSnZn. The van der Waals surface area contributed by atoms with Crippen LogP contribution in [-0.2, 0) is 64.2 Å². The first-order valence-corrected chi connectivity index (χ1v) is 0. The molecule has 4 heavy (non-hydrogen) atoms. The van der Waals surface area contributed by atoms with Gasteiger partial charge in [0.05, 0.1) is 0 Å². The number of hydrogen-bond acceptors (Lipinski definition) is 0. The van der Waals surface area contributed by atoms with Crippen LogP contribution in [-0.4, -0.2) is 23.9 Å². The fourth-order valence-electron chi connectivity index (χ4n) is 0. The maximum Gasteiger partial charge on any atom is 0 e.